The molecule has 0 N–H and O–H groups in total. The van der Waals surface area contributed by atoms with Gasteiger partial charge in [-0.15, -0.1) is 0 Å². The monoisotopic (exact) mass is 395 g/mol. The zero-order valence-electron chi connectivity index (χ0n) is 11.2. The molecule has 0 spiro atoms. The molecule has 0 fully saturated rings. The van der Waals surface area contributed by atoms with Crippen molar-refractivity contribution >= 4 is 34.4 Å². The summed E-state index contributed by atoms with van der Waals surface area (Å²) in [6, 6.07) is 9.57. The Bertz CT molecular complexity index is 773. The fourth-order valence-electron chi connectivity index (χ4n) is 2.42. The van der Waals surface area contributed by atoms with Gasteiger partial charge in [0.05, 0.1) is 17.7 Å². The van der Waals surface area contributed by atoms with Crippen molar-refractivity contribution in [2.24, 2.45) is 0 Å². The number of carbonyl (C=O) groups excluding carboxylic acids is 2. The third kappa shape index (κ3) is 2.35. The fraction of sp³-hybridized carbons (Fsp3) is 0.125. The summed E-state index contributed by atoms with van der Waals surface area (Å²) in [5.74, 6) is -1.01. The smallest absolute Gasteiger partial charge is 0.262 e. The number of hydrogen-bond donors (Lipinski definition) is 0. The Morgan fingerprint density at radius 2 is 1.90 bits per heavy atom. The summed E-state index contributed by atoms with van der Waals surface area (Å²) in [7, 11) is 0. The lowest BCUT2D eigenvalue weighted by molar-refractivity contribution is 0.0641. The second-order valence-corrected chi connectivity index (χ2v) is 6.09. The number of carbonyl (C=O) groups is 2. The Balaban J connectivity index is 1.99. The van der Waals surface area contributed by atoms with E-state index < -0.39 is 0 Å². The normalized spacial score (nSPS) is 13.8. The maximum Gasteiger partial charge on any atom is 0.262 e. The van der Waals surface area contributed by atoms with Crippen LogP contribution in [0.25, 0.3) is 0 Å². The fourth-order valence-corrected chi connectivity index (χ4v) is 3.15. The average Bonchev–Trinajstić information content (AvgIpc) is 2.69. The second kappa shape index (κ2) is 5.22. The maximum atomic E-state index is 13.4. The van der Waals surface area contributed by atoms with E-state index in [2.05, 4.69) is 0 Å². The molecule has 2 amide bonds. The average molecular weight is 395 g/mol. The van der Waals surface area contributed by atoms with Crippen molar-refractivity contribution in [3.05, 3.63) is 68.0 Å². The van der Waals surface area contributed by atoms with Crippen LogP contribution in [0.2, 0.25) is 0 Å². The number of halogens is 2. The van der Waals surface area contributed by atoms with E-state index >= 15 is 0 Å². The number of rotatable bonds is 2. The van der Waals surface area contributed by atoms with Gasteiger partial charge in [0.15, 0.2) is 0 Å². The Labute approximate surface area is 134 Å². The third-order valence-electron chi connectivity index (χ3n) is 3.59. The molecule has 0 bridgehead atoms. The van der Waals surface area contributed by atoms with Gasteiger partial charge >= 0.3 is 0 Å². The Morgan fingerprint density at radius 3 is 2.62 bits per heavy atom. The van der Waals surface area contributed by atoms with E-state index in [1.807, 2.05) is 29.5 Å². The summed E-state index contributed by atoms with van der Waals surface area (Å²) >= 11 is 2.04. The molecule has 1 heterocycles. The molecule has 3 rings (SSSR count). The van der Waals surface area contributed by atoms with Gasteiger partial charge in [0.2, 0.25) is 0 Å². The molecule has 2 aromatic carbocycles. The topological polar surface area (TPSA) is 37.4 Å². The summed E-state index contributed by atoms with van der Waals surface area (Å²) in [6.07, 6.45) is 0. The number of imide groups is 1. The van der Waals surface area contributed by atoms with Gasteiger partial charge in [-0.05, 0) is 64.9 Å². The molecular formula is C16H11FINO2. The lowest BCUT2D eigenvalue weighted by Gasteiger charge is -2.15. The first-order chi connectivity index (χ1) is 9.99. The summed E-state index contributed by atoms with van der Waals surface area (Å²) in [5.41, 5.74) is 2.35. The minimum atomic E-state index is -0.373. The Kier molecular flexibility index (Phi) is 3.52. The molecule has 0 unspecified atom stereocenters. The maximum absolute atomic E-state index is 13.4. The number of amides is 2. The van der Waals surface area contributed by atoms with Crippen LogP contribution in [0.15, 0.2) is 36.4 Å². The Morgan fingerprint density at radius 1 is 1.14 bits per heavy atom. The molecule has 0 aromatic heterocycles. The standard InChI is InChI=1S/C16H11FINO2/c1-9-5-6-11(17)7-10(9)8-19-15(20)12-3-2-4-13(18)14(12)16(19)21/h2-7H,8H2,1H3. The van der Waals surface area contributed by atoms with Crippen molar-refractivity contribution in [3.8, 4) is 0 Å². The molecule has 1 aliphatic heterocycles. The van der Waals surface area contributed by atoms with Gasteiger partial charge in [-0.25, -0.2) is 4.39 Å². The largest absolute Gasteiger partial charge is 0.270 e. The second-order valence-electron chi connectivity index (χ2n) is 4.93. The van der Waals surface area contributed by atoms with Crippen LogP contribution in [-0.2, 0) is 6.54 Å². The van der Waals surface area contributed by atoms with Crippen molar-refractivity contribution in [1.82, 2.24) is 4.90 Å². The first kappa shape index (κ1) is 14.2. The van der Waals surface area contributed by atoms with Crippen LogP contribution < -0.4 is 0 Å². The zero-order valence-corrected chi connectivity index (χ0v) is 13.3. The molecule has 106 valence electrons. The molecule has 0 atom stereocenters. The van der Waals surface area contributed by atoms with Crippen LogP contribution in [0.1, 0.15) is 31.8 Å². The molecule has 0 saturated carbocycles. The summed E-state index contributed by atoms with van der Waals surface area (Å²) < 4.78 is 14.1. The lowest BCUT2D eigenvalue weighted by atomic mass is 10.1. The first-order valence-electron chi connectivity index (χ1n) is 6.39. The van der Waals surface area contributed by atoms with Gasteiger partial charge < -0.3 is 0 Å². The highest BCUT2D eigenvalue weighted by Gasteiger charge is 2.37. The number of nitrogens with zero attached hydrogens (tertiary/aromatic N) is 1. The van der Waals surface area contributed by atoms with Crippen LogP contribution in [0.3, 0.4) is 0 Å². The predicted molar refractivity (Wildman–Crippen MR) is 84.5 cm³/mol. The van der Waals surface area contributed by atoms with E-state index in [0.717, 1.165) is 9.13 Å². The SMILES string of the molecule is Cc1ccc(F)cc1CN1C(=O)c2cccc(I)c2C1=O. The molecule has 0 radical (unpaired) electrons. The van der Waals surface area contributed by atoms with E-state index in [9.17, 15) is 14.0 Å². The zero-order chi connectivity index (χ0) is 15.1. The lowest BCUT2D eigenvalue weighted by Crippen LogP contribution is -2.29. The Hall–Kier alpha value is -1.76. The van der Waals surface area contributed by atoms with Gasteiger partial charge in [0.25, 0.3) is 11.8 Å². The highest BCUT2D eigenvalue weighted by atomic mass is 127. The van der Waals surface area contributed by atoms with E-state index in [1.54, 1.807) is 24.3 Å². The van der Waals surface area contributed by atoms with Gasteiger partial charge in [0, 0.05) is 3.57 Å². The highest BCUT2D eigenvalue weighted by Crippen LogP contribution is 2.28. The van der Waals surface area contributed by atoms with Crippen LogP contribution in [-0.4, -0.2) is 16.7 Å². The van der Waals surface area contributed by atoms with Gasteiger partial charge in [-0.3, -0.25) is 14.5 Å². The minimum Gasteiger partial charge on any atom is -0.270 e. The predicted octanol–water partition coefficient (Wildman–Crippen LogP) is 3.53. The van der Waals surface area contributed by atoms with Crippen LogP contribution in [0.5, 0.6) is 0 Å². The molecule has 21 heavy (non-hydrogen) atoms. The molecular weight excluding hydrogens is 384 g/mol. The van der Waals surface area contributed by atoms with E-state index in [4.69, 9.17) is 0 Å². The summed E-state index contributed by atoms with van der Waals surface area (Å²) in [6.45, 7) is 1.92. The molecule has 1 aliphatic rings. The van der Waals surface area contributed by atoms with Crippen molar-refractivity contribution in [2.75, 3.05) is 0 Å². The van der Waals surface area contributed by atoms with E-state index in [1.165, 1.54) is 17.0 Å². The molecule has 0 aliphatic carbocycles. The molecule has 2 aromatic rings. The summed E-state index contributed by atoms with van der Waals surface area (Å²) in [5, 5.41) is 0. The van der Waals surface area contributed by atoms with Crippen LogP contribution in [0.4, 0.5) is 4.39 Å². The van der Waals surface area contributed by atoms with E-state index in [0.29, 0.717) is 16.7 Å². The van der Waals surface area contributed by atoms with Gasteiger partial charge in [-0.2, -0.15) is 0 Å². The quantitative estimate of drug-likeness (QED) is 0.577. The van der Waals surface area contributed by atoms with Crippen LogP contribution in [0, 0.1) is 16.3 Å². The molecule has 3 nitrogen and oxygen atoms in total. The van der Waals surface area contributed by atoms with Crippen molar-refractivity contribution in [2.45, 2.75) is 13.5 Å². The van der Waals surface area contributed by atoms with Gasteiger partial charge in [0.1, 0.15) is 5.82 Å². The van der Waals surface area contributed by atoms with Crippen molar-refractivity contribution in [1.29, 1.82) is 0 Å². The number of benzene rings is 2. The highest BCUT2D eigenvalue weighted by molar-refractivity contribution is 14.1. The third-order valence-corrected chi connectivity index (χ3v) is 4.49. The summed E-state index contributed by atoms with van der Waals surface area (Å²) in [4.78, 5) is 26.0. The number of hydrogen-bond acceptors (Lipinski definition) is 2. The first-order valence-corrected chi connectivity index (χ1v) is 7.46. The molecule has 0 saturated heterocycles. The molecule has 5 heteroatoms. The van der Waals surface area contributed by atoms with Gasteiger partial charge in [-0.1, -0.05) is 12.1 Å². The van der Waals surface area contributed by atoms with Crippen LogP contribution >= 0.6 is 22.6 Å². The van der Waals surface area contributed by atoms with Crippen molar-refractivity contribution in [3.63, 3.8) is 0 Å². The van der Waals surface area contributed by atoms with E-state index in [-0.39, 0.29) is 24.2 Å². The number of fused-ring (bicyclic) bond motifs is 1. The minimum absolute atomic E-state index is 0.0893. The van der Waals surface area contributed by atoms with Crippen molar-refractivity contribution < 1.29 is 14.0 Å². The number of aryl methyl sites for hydroxylation is 1.